The van der Waals surface area contributed by atoms with Gasteiger partial charge >= 0.3 is 5.97 Å². The van der Waals surface area contributed by atoms with E-state index in [1.807, 2.05) is 18.2 Å². The zero-order valence-electron chi connectivity index (χ0n) is 12.8. The molecule has 22 heavy (non-hydrogen) atoms. The van der Waals surface area contributed by atoms with Crippen LogP contribution in [0.15, 0.2) is 22.7 Å². The predicted molar refractivity (Wildman–Crippen MR) is 88.0 cm³/mol. The number of hydrogen-bond donors (Lipinski definition) is 1. The SMILES string of the molecule is COc1c(Br)cccc1CN1C(C(=O)O)CC2CCCCC21. The lowest BCUT2D eigenvalue weighted by Crippen LogP contribution is -2.41. The Labute approximate surface area is 139 Å². The summed E-state index contributed by atoms with van der Waals surface area (Å²) in [6.07, 6.45) is 5.52. The van der Waals surface area contributed by atoms with Crippen LogP contribution in [-0.2, 0) is 11.3 Å². The molecule has 1 aliphatic carbocycles. The maximum atomic E-state index is 11.7. The molecule has 3 rings (SSSR count). The lowest BCUT2D eigenvalue weighted by atomic mass is 9.84. The Morgan fingerprint density at radius 2 is 2.18 bits per heavy atom. The van der Waals surface area contributed by atoms with Gasteiger partial charge in [-0.05, 0) is 47.2 Å². The van der Waals surface area contributed by atoms with Gasteiger partial charge in [0.1, 0.15) is 11.8 Å². The van der Waals surface area contributed by atoms with Crippen LogP contribution in [0.2, 0.25) is 0 Å². The van der Waals surface area contributed by atoms with Crippen LogP contribution in [0.3, 0.4) is 0 Å². The molecule has 2 aliphatic rings. The molecule has 2 fully saturated rings. The third kappa shape index (κ3) is 2.88. The van der Waals surface area contributed by atoms with E-state index in [1.165, 1.54) is 19.3 Å². The molecular weight excluding hydrogens is 346 g/mol. The van der Waals surface area contributed by atoms with E-state index in [0.29, 0.717) is 18.5 Å². The van der Waals surface area contributed by atoms with Gasteiger partial charge in [-0.2, -0.15) is 0 Å². The number of benzene rings is 1. The van der Waals surface area contributed by atoms with Gasteiger partial charge in [-0.25, -0.2) is 0 Å². The van der Waals surface area contributed by atoms with E-state index in [1.54, 1.807) is 7.11 Å². The molecule has 120 valence electrons. The maximum absolute atomic E-state index is 11.7. The average Bonchev–Trinajstić information content (AvgIpc) is 2.87. The molecule has 1 aliphatic heterocycles. The number of aliphatic carboxylic acids is 1. The summed E-state index contributed by atoms with van der Waals surface area (Å²) in [6, 6.07) is 5.99. The van der Waals surface area contributed by atoms with Crippen molar-refractivity contribution in [1.82, 2.24) is 4.90 Å². The Morgan fingerprint density at radius 1 is 1.41 bits per heavy atom. The summed E-state index contributed by atoms with van der Waals surface area (Å²) < 4.78 is 6.41. The highest BCUT2D eigenvalue weighted by Crippen LogP contribution is 2.41. The molecule has 0 bridgehead atoms. The molecule has 1 saturated carbocycles. The van der Waals surface area contributed by atoms with Crippen molar-refractivity contribution in [1.29, 1.82) is 0 Å². The second kappa shape index (κ2) is 6.59. The number of fused-ring (bicyclic) bond motifs is 1. The molecule has 1 saturated heterocycles. The number of halogens is 1. The van der Waals surface area contributed by atoms with Crippen LogP contribution < -0.4 is 4.74 Å². The number of likely N-dealkylation sites (tertiary alicyclic amines) is 1. The van der Waals surface area contributed by atoms with Crippen molar-refractivity contribution in [2.75, 3.05) is 7.11 Å². The molecule has 1 aromatic rings. The lowest BCUT2D eigenvalue weighted by molar-refractivity contribution is -0.142. The van der Waals surface area contributed by atoms with Gasteiger partial charge in [0.05, 0.1) is 11.6 Å². The molecule has 3 atom stereocenters. The normalized spacial score (nSPS) is 28.4. The summed E-state index contributed by atoms with van der Waals surface area (Å²) in [5.74, 6) is 0.655. The first-order valence-electron chi connectivity index (χ1n) is 7.91. The van der Waals surface area contributed by atoms with Gasteiger partial charge in [0.2, 0.25) is 0 Å². The molecule has 1 aromatic carbocycles. The quantitative estimate of drug-likeness (QED) is 0.881. The number of carbonyl (C=O) groups is 1. The standard InChI is InChI=1S/C17H22BrNO3/c1-22-16-12(6-4-7-13(16)18)10-19-14-8-3-2-5-11(14)9-15(19)17(20)21/h4,6-7,11,14-15H,2-3,5,8-10H2,1H3,(H,20,21). The molecule has 4 nitrogen and oxygen atoms in total. The van der Waals surface area contributed by atoms with E-state index >= 15 is 0 Å². The molecule has 0 amide bonds. The summed E-state index contributed by atoms with van der Waals surface area (Å²) in [6.45, 7) is 0.640. The van der Waals surface area contributed by atoms with Crippen LogP contribution in [0.5, 0.6) is 5.75 Å². The van der Waals surface area contributed by atoms with Crippen molar-refractivity contribution < 1.29 is 14.6 Å². The first-order valence-corrected chi connectivity index (χ1v) is 8.71. The number of para-hydroxylation sites is 1. The maximum Gasteiger partial charge on any atom is 0.320 e. The van der Waals surface area contributed by atoms with Crippen LogP contribution >= 0.6 is 15.9 Å². The van der Waals surface area contributed by atoms with Crippen LogP contribution in [0.4, 0.5) is 0 Å². The third-order valence-electron chi connectivity index (χ3n) is 5.11. The first-order chi connectivity index (χ1) is 10.6. The highest BCUT2D eigenvalue weighted by atomic mass is 79.9. The summed E-state index contributed by atoms with van der Waals surface area (Å²) in [7, 11) is 1.66. The van der Waals surface area contributed by atoms with Crippen molar-refractivity contribution in [2.45, 2.75) is 50.7 Å². The van der Waals surface area contributed by atoms with Gasteiger partial charge in [-0.1, -0.05) is 25.0 Å². The van der Waals surface area contributed by atoms with Crippen molar-refractivity contribution in [2.24, 2.45) is 5.92 Å². The van der Waals surface area contributed by atoms with Gasteiger partial charge in [0.25, 0.3) is 0 Å². The Balaban J connectivity index is 1.88. The van der Waals surface area contributed by atoms with Crippen LogP contribution in [0.25, 0.3) is 0 Å². The Hall–Kier alpha value is -1.07. The number of rotatable bonds is 4. The highest BCUT2D eigenvalue weighted by molar-refractivity contribution is 9.10. The van der Waals surface area contributed by atoms with Gasteiger partial charge in [0, 0.05) is 18.2 Å². The molecule has 0 radical (unpaired) electrons. The second-order valence-electron chi connectivity index (χ2n) is 6.31. The van der Waals surface area contributed by atoms with E-state index in [4.69, 9.17) is 4.74 Å². The highest BCUT2D eigenvalue weighted by Gasteiger charge is 2.45. The smallest absolute Gasteiger partial charge is 0.320 e. The van der Waals surface area contributed by atoms with E-state index in [2.05, 4.69) is 20.8 Å². The minimum Gasteiger partial charge on any atom is -0.495 e. The summed E-state index contributed by atoms with van der Waals surface area (Å²) in [4.78, 5) is 13.9. The Bertz CT molecular complexity index is 563. The summed E-state index contributed by atoms with van der Waals surface area (Å²) >= 11 is 3.51. The van der Waals surface area contributed by atoms with E-state index in [-0.39, 0.29) is 6.04 Å². The van der Waals surface area contributed by atoms with Crippen LogP contribution in [0, 0.1) is 5.92 Å². The van der Waals surface area contributed by atoms with Crippen LogP contribution in [-0.4, -0.2) is 35.2 Å². The number of hydrogen-bond acceptors (Lipinski definition) is 3. The molecule has 0 spiro atoms. The summed E-state index contributed by atoms with van der Waals surface area (Å²) in [5, 5.41) is 9.61. The molecular formula is C17H22BrNO3. The van der Waals surface area contributed by atoms with Crippen LogP contribution in [0.1, 0.15) is 37.7 Å². The third-order valence-corrected chi connectivity index (χ3v) is 5.74. The Kier molecular flexibility index (Phi) is 4.73. The second-order valence-corrected chi connectivity index (χ2v) is 7.16. The fraction of sp³-hybridized carbons (Fsp3) is 0.588. The zero-order valence-corrected chi connectivity index (χ0v) is 14.4. The average molecular weight is 368 g/mol. The predicted octanol–water partition coefficient (Wildman–Crippen LogP) is 3.68. The number of carboxylic acid groups (broad SMARTS) is 1. The number of nitrogens with zero attached hydrogens (tertiary/aromatic N) is 1. The fourth-order valence-electron chi connectivity index (χ4n) is 4.13. The molecule has 5 heteroatoms. The first kappa shape index (κ1) is 15.8. The van der Waals surface area contributed by atoms with Gasteiger partial charge in [-0.3, -0.25) is 9.69 Å². The molecule has 0 aromatic heterocycles. The van der Waals surface area contributed by atoms with E-state index in [9.17, 15) is 9.90 Å². The Morgan fingerprint density at radius 3 is 2.91 bits per heavy atom. The fourth-order valence-corrected chi connectivity index (χ4v) is 4.70. The minimum absolute atomic E-state index is 0.364. The number of carboxylic acids is 1. The summed E-state index contributed by atoms with van der Waals surface area (Å²) in [5.41, 5.74) is 1.05. The van der Waals surface area contributed by atoms with E-state index < -0.39 is 5.97 Å². The lowest BCUT2D eigenvalue weighted by Gasteiger charge is -2.33. The van der Waals surface area contributed by atoms with Gasteiger partial charge < -0.3 is 9.84 Å². The minimum atomic E-state index is -0.691. The molecule has 3 unspecified atom stereocenters. The molecule has 1 heterocycles. The van der Waals surface area contributed by atoms with Crippen molar-refractivity contribution >= 4 is 21.9 Å². The zero-order chi connectivity index (χ0) is 15.7. The van der Waals surface area contributed by atoms with Crippen molar-refractivity contribution in [3.63, 3.8) is 0 Å². The molecule has 1 N–H and O–H groups in total. The largest absolute Gasteiger partial charge is 0.495 e. The van der Waals surface area contributed by atoms with Crippen molar-refractivity contribution in [3.8, 4) is 5.75 Å². The van der Waals surface area contributed by atoms with Gasteiger partial charge in [0.15, 0.2) is 0 Å². The van der Waals surface area contributed by atoms with Crippen molar-refractivity contribution in [3.05, 3.63) is 28.2 Å². The number of methoxy groups -OCH3 is 1. The van der Waals surface area contributed by atoms with Gasteiger partial charge in [-0.15, -0.1) is 0 Å². The van der Waals surface area contributed by atoms with E-state index in [0.717, 1.165) is 28.6 Å². The topological polar surface area (TPSA) is 49.8 Å². The number of ether oxygens (including phenoxy) is 1. The monoisotopic (exact) mass is 367 g/mol.